The zero-order valence-electron chi connectivity index (χ0n) is 15.0. The maximum atomic E-state index is 12.3. The van der Waals surface area contributed by atoms with Gasteiger partial charge in [-0.3, -0.25) is 19.8 Å². The number of urea groups is 1. The first-order valence-corrected chi connectivity index (χ1v) is 9.81. The van der Waals surface area contributed by atoms with Crippen LogP contribution in [0.25, 0.3) is 0 Å². The number of nitrogens with one attached hydrogen (secondary N) is 2. The average molecular weight is 422 g/mol. The van der Waals surface area contributed by atoms with Crippen LogP contribution in [0.2, 0.25) is 5.02 Å². The lowest BCUT2D eigenvalue weighted by Crippen LogP contribution is -2.33. The van der Waals surface area contributed by atoms with Gasteiger partial charge in [0.2, 0.25) is 5.91 Å². The number of amides is 4. The fourth-order valence-corrected chi connectivity index (χ4v) is 4.48. The van der Waals surface area contributed by atoms with Crippen LogP contribution in [0.3, 0.4) is 0 Å². The number of nitrogens with two attached hydrogens (primary N) is 2. The first-order valence-electron chi connectivity index (χ1n) is 8.62. The van der Waals surface area contributed by atoms with E-state index in [0.717, 1.165) is 10.4 Å². The Morgan fingerprint density at radius 1 is 1.14 bits per heavy atom. The van der Waals surface area contributed by atoms with Crippen LogP contribution in [-0.4, -0.2) is 35.8 Å². The quantitative estimate of drug-likeness (QED) is 0.570. The topological polar surface area (TPSA) is 131 Å². The predicted octanol–water partition coefficient (Wildman–Crippen LogP) is 2.38. The average Bonchev–Trinajstić information content (AvgIpc) is 2.98. The van der Waals surface area contributed by atoms with Gasteiger partial charge in [-0.2, -0.15) is 0 Å². The Morgan fingerprint density at radius 3 is 2.50 bits per heavy atom. The van der Waals surface area contributed by atoms with Gasteiger partial charge in [-0.25, -0.2) is 4.79 Å². The van der Waals surface area contributed by atoms with Crippen LogP contribution in [-0.2, 0) is 17.8 Å². The van der Waals surface area contributed by atoms with Gasteiger partial charge >= 0.3 is 6.03 Å². The van der Waals surface area contributed by atoms with Gasteiger partial charge in [0.1, 0.15) is 5.00 Å². The predicted molar refractivity (Wildman–Crippen MR) is 110 cm³/mol. The van der Waals surface area contributed by atoms with Crippen LogP contribution in [0.15, 0.2) is 24.3 Å². The zero-order chi connectivity index (χ0) is 20.3. The standard InChI is InChI=1S/C18H20ClN5O3S/c19-10-1-3-11(4-2-10)22-18(27)23-17-15(16(21)26)12-5-7-24(8-6-14(20)25)9-13(12)28-17/h1-4H,5-9H2,(H2,20,25)(H2,21,26)(H2,22,23,27). The molecule has 0 saturated carbocycles. The number of anilines is 2. The number of rotatable bonds is 6. The fourth-order valence-electron chi connectivity index (χ4n) is 3.06. The highest BCUT2D eigenvalue weighted by atomic mass is 35.5. The minimum Gasteiger partial charge on any atom is -0.370 e. The van der Waals surface area contributed by atoms with Gasteiger partial charge in [-0.1, -0.05) is 11.6 Å². The van der Waals surface area contributed by atoms with Gasteiger partial charge in [0.05, 0.1) is 5.56 Å². The first-order chi connectivity index (χ1) is 13.3. The smallest absolute Gasteiger partial charge is 0.324 e. The van der Waals surface area contributed by atoms with Crippen LogP contribution < -0.4 is 22.1 Å². The molecule has 0 saturated heterocycles. The van der Waals surface area contributed by atoms with Crippen LogP contribution in [0, 0.1) is 0 Å². The third-order valence-corrected chi connectivity index (χ3v) is 5.77. The summed E-state index contributed by atoms with van der Waals surface area (Å²) in [4.78, 5) is 38.4. The number of thiophene rings is 1. The second kappa shape index (κ2) is 8.59. The number of nitrogens with zero attached hydrogens (tertiary/aromatic N) is 1. The molecule has 2 heterocycles. The van der Waals surface area contributed by atoms with Crippen LogP contribution in [0.1, 0.15) is 27.2 Å². The maximum absolute atomic E-state index is 12.3. The van der Waals surface area contributed by atoms with E-state index in [0.29, 0.717) is 47.3 Å². The number of primary amides is 2. The molecular formula is C18H20ClN5O3S. The van der Waals surface area contributed by atoms with Crippen molar-refractivity contribution in [2.75, 3.05) is 23.7 Å². The van der Waals surface area contributed by atoms with Gasteiger partial charge in [0.25, 0.3) is 5.91 Å². The lowest BCUT2D eigenvalue weighted by atomic mass is 10.0. The van der Waals surface area contributed by atoms with Gasteiger partial charge in [0.15, 0.2) is 0 Å². The summed E-state index contributed by atoms with van der Waals surface area (Å²) in [6.45, 7) is 1.82. The minimum atomic E-state index is -0.579. The summed E-state index contributed by atoms with van der Waals surface area (Å²) >= 11 is 7.15. The number of hydrogen-bond donors (Lipinski definition) is 4. The third kappa shape index (κ3) is 4.80. The van der Waals surface area contributed by atoms with Crippen molar-refractivity contribution >= 4 is 51.5 Å². The number of carbonyl (C=O) groups is 3. The van der Waals surface area contributed by atoms with E-state index in [4.69, 9.17) is 23.1 Å². The molecule has 1 aromatic heterocycles. The van der Waals surface area contributed by atoms with E-state index >= 15 is 0 Å². The molecule has 2 aromatic rings. The number of fused-ring (bicyclic) bond motifs is 1. The highest BCUT2D eigenvalue weighted by Gasteiger charge is 2.27. The number of hydrogen-bond acceptors (Lipinski definition) is 5. The minimum absolute atomic E-state index is 0.276. The van der Waals surface area contributed by atoms with E-state index in [9.17, 15) is 14.4 Å². The molecule has 0 bridgehead atoms. The molecule has 1 aliphatic rings. The summed E-state index contributed by atoms with van der Waals surface area (Å²) in [5, 5.41) is 6.39. The molecule has 0 spiro atoms. The summed E-state index contributed by atoms with van der Waals surface area (Å²) in [6.07, 6.45) is 0.890. The van der Waals surface area contributed by atoms with Crippen molar-refractivity contribution < 1.29 is 14.4 Å². The van der Waals surface area contributed by atoms with Gasteiger partial charge < -0.3 is 16.8 Å². The molecular weight excluding hydrogens is 402 g/mol. The molecule has 6 N–H and O–H groups in total. The number of benzene rings is 1. The van der Waals surface area contributed by atoms with Crippen LogP contribution >= 0.6 is 22.9 Å². The largest absolute Gasteiger partial charge is 0.370 e. The molecule has 4 amide bonds. The Morgan fingerprint density at radius 2 is 1.86 bits per heavy atom. The Hall–Kier alpha value is -2.62. The molecule has 0 unspecified atom stereocenters. The van der Waals surface area contributed by atoms with Crippen LogP contribution in [0.5, 0.6) is 0 Å². The normalized spacial score (nSPS) is 13.6. The van der Waals surface area contributed by atoms with Crippen molar-refractivity contribution in [3.63, 3.8) is 0 Å². The van der Waals surface area contributed by atoms with Crippen molar-refractivity contribution in [1.29, 1.82) is 0 Å². The second-order valence-electron chi connectivity index (χ2n) is 6.40. The SMILES string of the molecule is NC(=O)CCN1CCc2c(sc(NC(=O)Nc3ccc(Cl)cc3)c2C(N)=O)C1. The molecule has 0 radical (unpaired) electrons. The maximum Gasteiger partial charge on any atom is 0.324 e. The molecule has 0 aliphatic carbocycles. The third-order valence-electron chi connectivity index (χ3n) is 4.39. The fraction of sp³-hybridized carbons (Fsp3) is 0.278. The highest BCUT2D eigenvalue weighted by Crippen LogP contribution is 2.37. The van der Waals surface area contributed by atoms with E-state index in [1.54, 1.807) is 24.3 Å². The van der Waals surface area contributed by atoms with Crippen LogP contribution in [0.4, 0.5) is 15.5 Å². The summed E-state index contributed by atoms with van der Waals surface area (Å²) in [5.74, 6) is -0.930. The zero-order valence-corrected chi connectivity index (χ0v) is 16.5. The number of halogens is 1. The van der Waals surface area contributed by atoms with E-state index in [1.807, 2.05) is 0 Å². The first kappa shape index (κ1) is 20.1. The highest BCUT2D eigenvalue weighted by molar-refractivity contribution is 7.17. The van der Waals surface area contributed by atoms with E-state index in [1.165, 1.54) is 11.3 Å². The molecule has 0 fully saturated rings. The molecule has 8 nitrogen and oxygen atoms in total. The molecule has 28 heavy (non-hydrogen) atoms. The van der Waals surface area contributed by atoms with Gasteiger partial charge in [0, 0.05) is 41.6 Å². The number of carbonyl (C=O) groups excluding carboxylic acids is 3. The van der Waals surface area contributed by atoms with Gasteiger partial charge in [-0.15, -0.1) is 11.3 Å². The monoisotopic (exact) mass is 421 g/mol. The van der Waals surface area contributed by atoms with Crippen molar-refractivity contribution in [2.24, 2.45) is 11.5 Å². The van der Waals surface area contributed by atoms with Crippen molar-refractivity contribution in [3.05, 3.63) is 45.3 Å². The van der Waals surface area contributed by atoms with E-state index < -0.39 is 11.9 Å². The van der Waals surface area contributed by atoms with E-state index in [-0.39, 0.29) is 12.3 Å². The summed E-state index contributed by atoms with van der Waals surface area (Å²) in [5.41, 5.74) is 12.6. The molecule has 1 aliphatic heterocycles. The van der Waals surface area contributed by atoms with Crippen molar-refractivity contribution in [1.82, 2.24) is 4.90 Å². The Kier molecular flexibility index (Phi) is 6.18. The molecule has 1 aromatic carbocycles. The second-order valence-corrected chi connectivity index (χ2v) is 7.94. The Labute approximate surface area is 170 Å². The summed E-state index contributed by atoms with van der Waals surface area (Å²) in [7, 11) is 0. The van der Waals surface area contributed by atoms with E-state index in [2.05, 4.69) is 15.5 Å². The lowest BCUT2D eigenvalue weighted by molar-refractivity contribution is -0.118. The molecule has 0 atom stereocenters. The van der Waals surface area contributed by atoms with Gasteiger partial charge in [-0.05, 0) is 36.2 Å². The summed E-state index contributed by atoms with van der Waals surface area (Å²) < 4.78 is 0. The molecule has 3 rings (SSSR count). The Balaban J connectivity index is 1.74. The van der Waals surface area contributed by atoms with Crippen molar-refractivity contribution in [3.8, 4) is 0 Å². The summed E-state index contributed by atoms with van der Waals surface area (Å²) in [6, 6.07) is 6.20. The molecule has 148 valence electrons. The van der Waals surface area contributed by atoms with Crippen molar-refractivity contribution in [2.45, 2.75) is 19.4 Å². The Bertz CT molecular complexity index is 913. The molecule has 10 heteroatoms. The lowest BCUT2D eigenvalue weighted by Gasteiger charge is -2.26.